The fraction of sp³-hybridized carbons (Fsp3) is 0.300. The van der Waals surface area contributed by atoms with Crippen molar-refractivity contribution >= 4 is 17.4 Å². The van der Waals surface area contributed by atoms with Gasteiger partial charge < -0.3 is 14.8 Å². The van der Waals surface area contributed by atoms with Gasteiger partial charge in [-0.1, -0.05) is 11.6 Å². The van der Waals surface area contributed by atoms with Crippen LogP contribution in [0.4, 0.5) is 0 Å². The second-order valence-electron chi connectivity index (χ2n) is 3.14. The molecule has 15 heavy (non-hydrogen) atoms. The van der Waals surface area contributed by atoms with E-state index in [4.69, 9.17) is 21.1 Å². The predicted octanol–water partition coefficient (Wildman–Crippen LogP) is 1.47. The smallest absolute Gasteiger partial charge is 0.231 e. The molecule has 0 fully saturated rings. The highest BCUT2D eigenvalue weighted by Gasteiger charge is 2.22. The number of Topliss-reactive ketones (excluding diaryl/α,β-unsaturated/α-hetero) is 1. The molecule has 0 saturated heterocycles. The third-order valence-corrected chi connectivity index (χ3v) is 2.29. The Morgan fingerprint density at radius 3 is 3.07 bits per heavy atom. The highest BCUT2D eigenvalue weighted by Crippen LogP contribution is 2.38. The average molecular weight is 228 g/mol. The molecular formula is C10H10ClNO3. The van der Waals surface area contributed by atoms with Crippen LogP contribution in [0.3, 0.4) is 0 Å². The van der Waals surface area contributed by atoms with Crippen molar-refractivity contribution in [1.29, 1.82) is 0 Å². The van der Waals surface area contributed by atoms with E-state index in [2.05, 4.69) is 5.32 Å². The summed E-state index contributed by atoms with van der Waals surface area (Å²) in [7, 11) is 1.71. The van der Waals surface area contributed by atoms with Gasteiger partial charge >= 0.3 is 0 Å². The molecule has 5 heteroatoms. The number of likely N-dealkylation sites (N-methyl/N-ethyl adjacent to an activating group) is 1. The first kappa shape index (κ1) is 10.3. The van der Waals surface area contributed by atoms with Crippen molar-refractivity contribution in [2.75, 3.05) is 20.4 Å². The number of nitrogens with one attached hydrogen (secondary N) is 1. The van der Waals surface area contributed by atoms with Gasteiger partial charge in [0.05, 0.1) is 12.1 Å². The molecule has 0 aliphatic carbocycles. The van der Waals surface area contributed by atoms with Crippen LogP contribution in [0.1, 0.15) is 10.4 Å². The molecule has 1 aromatic carbocycles. The van der Waals surface area contributed by atoms with Gasteiger partial charge in [-0.15, -0.1) is 0 Å². The molecule has 0 bridgehead atoms. The minimum absolute atomic E-state index is 0.0678. The van der Waals surface area contributed by atoms with Crippen LogP contribution < -0.4 is 14.8 Å². The summed E-state index contributed by atoms with van der Waals surface area (Å²) in [6.07, 6.45) is 0. The number of fused-ring (bicyclic) bond motifs is 1. The zero-order chi connectivity index (χ0) is 10.8. The molecule has 4 nitrogen and oxygen atoms in total. The van der Waals surface area contributed by atoms with Crippen LogP contribution in [0.25, 0.3) is 0 Å². The maximum absolute atomic E-state index is 11.7. The largest absolute Gasteiger partial charge is 0.454 e. The van der Waals surface area contributed by atoms with Gasteiger partial charge in [0, 0.05) is 11.1 Å². The Labute approximate surface area is 92.1 Å². The number of halogens is 1. The lowest BCUT2D eigenvalue weighted by Crippen LogP contribution is -2.18. The van der Waals surface area contributed by atoms with E-state index < -0.39 is 0 Å². The Morgan fingerprint density at radius 1 is 1.53 bits per heavy atom. The first-order chi connectivity index (χ1) is 7.22. The van der Waals surface area contributed by atoms with Crippen LogP contribution in [-0.2, 0) is 0 Å². The fourth-order valence-corrected chi connectivity index (χ4v) is 1.65. The molecule has 2 rings (SSSR count). The lowest BCUT2D eigenvalue weighted by molar-refractivity contribution is 0.0989. The third-order valence-electron chi connectivity index (χ3n) is 2.08. The molecule has 1 heterocycles. The van der Waals surface area contributed by atoms with E-state index in [1.54, 1.807) is 19.2 Å². The second-order valence-corrected chi connectivity index (χ2v) is 3.58. The van der Waals surface area contributed by atoms with Crippen LogP contribution in [0.5, 0.6) is 11.5 Å². The molecule has 0 radical (unpaired) electrons. The highest BCUT2D eigenvalue weighted by atomic mass is 35.5. The Kier molecular flexibility index (Phi) is 2.79. The minimum Gasteiger partial charge on any atom is -0.454 e. The summed E-state index contributed by atoms with van der Waals surface area (Å²) < 4.78 is 10.4. The molecule has 0 saturated carbocycles. The highest BCUT2D eigenvalue weighted by molar-refractivity contribution is 6.31. The molecule has 0 aromatic heterocycles. The average Bonchev–Trinajstić information content (AvgIpc) is 2.64. The molecule has 1 N–H and O–H groups in total. The van der Waals surface area contributed by atoms with Crippen LogP contribution in [0.2, 0.25) is 5.02 Å². The summed E-state index contributed by atoms with van der Waals surface area (Å²) in [5.41, 5.74) is 0.462. The summed E-state index contributed by atoms with van der Waals surface area (Å²) in [6.45, 7) is 0.381. The van der Waals surface area contributed by atoms with E-state index in [1.807, 2.05) is 0 Å². The predicted molar refractivity (Wildman–Crippen MR) is 55.8 cm³/mol. The Morgan fingerprint density at radius 2 is 2.33 bits per heavy atom. The summed E-state index contributed by atoms with van der Waals surface area (Å²) in [6, 6.07) is 3.23. The first-order valence-corrected chi connectivity index (χ1v) is 4.87. The monoisotopic (exact) mass is 227 g/mol. The summed E-state index contributed by atoms with van der Waals surface area (Å²) in [5.74, 6) is 0.948. The van der Waals surface area contributed by atoms with Crippen molar-refractivity contribution in [2.24, 2.45) is 0 Å². The lowest BCUT2D eigenvalue weighted by atomic mass is 10.1. The molecule has 1 aliphatic heterocycles. The van der Waals surface area contributed by atoms with Gasteiger partial charge in [0.2, 0.25) is 6.79 Å². The number of hydrogen-bond acceptors (Lipinski definition) is 4. The minimum atomic E-state index is -0.0678. The number of rotatable bonds is 3. The third kappa shape index (κ3) is 1.91. The van der Waals surface area contributed by atoms with Gasteiger partial charge in [-0.25, -0.2) is 0 Å². The maximum Gasteiger partial charge on any atom is 0.231 e. The van der Waals surface area contributed by atoms with E-state index in [9.17, 15) is 4.79 Å². The van der Waals surface area contributed by atoms with E-state index in [0.717, 1.165) is 0 Å². The van der Waals surface area contributed by atoms with Crippen molar-refractivity contribution in [1.82, 2.24) is 5.32 Å². The molecule has 1 aromatic rings. The van der Waals surface area contributed by atoms with Gasteiger partial charge in [-0.2, -0.15) is 0 Å². The maximum atomic E-state index is 11.7. The van der Waals surface area contributed by atoms with Gasteiger partial charge in [-0.05, 0) is 13.1 Å². The number of hydrogen-bond donors (Lipinski definition) is 1. The molecule has 1 aliphatic rings. The normalized spacial score (nSPS) is 12.9. The van der Waals surface area contributed by atoms with Crippen molar-refractivity contribution in [2.45, 2.75) is 0 Å². The topological polar surface area (TPSA) is 47.6 Å². The number of ketones is 1. The molecule has 80 valence electrons. The number of carbonyl (C=O) groups is 1. The van der Waals surface area contributed by atoms with E-state index >= 15 is 0 Å². The second kappa shape index (κ2) is 4.08. The Bertz CT molecular complexity index is 406. The molecule has 0 unspecified atom stereocenters. The number of ether oxygens (including phenoxy) is 2. The van der Waals surface area contributed by atoms with Gasteiger partial charge in [-0.3, -0.25) is 4.79 Å². The van der Waals surface area contributed by atoms with Crippen molar-refractivity contribution in [3.63, 3.8) is 0 Å². The van der Waals surface area contributed by atoms with Gasteiger partial charge in [0.25, 0.3) is 0 Å². The molecule has 0 spiro atoms. The molecular weight excluding hydrogens is 218 g/mol. The Balaban J connectivity index is 2.42. The van der Waals surface area contributed by atoms with Crippen molar-refractivity contribution < 1.29 is 14.3 Å². The summed E-state index contributed by atoms with van der Waals surface area (Å²) in [4.78, 5) is 11.7. The van der Waals surface area contributed by atoms with E-state index in [0.29, 0.717) is 22.1 Å². The van der Waals surface area contributed by atoms with Crippen molar-refractivity contribution in [3.05, 3.63) is 22.7 Å². The van der Waals surface area contributed by atoms with E-state index in [1.165, 1.54) is 0 Å². The first-order valence-electron chi connectivity index (χ1n) is 4.49. The van der Waals surface area contributed by atoms with Crippen LogP contribution in [0.15, 0.2) is 12.1 Å². The van der Waals surface area contributed by atoms with Gasteiger partial charge in [0.15, 0.2) is 17.3 Å². The van der Waals surface area contributed by atoms with E-state index in [-0.39, 0.29) is 19.1 Å². The number of carbonyl (C=O) groups excluding carboxylic acids is 1. The quantitative estimate of drug-likeness (QED) is 0.795. The SMILES string of the molecule is CNCC(=O)c1cc(Cl)cc2c1OCO2. The van der Waals surface area contributed by atoms with Crippen LogP contribution >= 0.6 is 11.6 Å². The zero-order valence-electron chi connectivity index (χ0n) is 8.17. The van der Waals surface area contributed by atoms with Gasteiger partial charge in [0.1, 0.15) is 0 Å². The number of benzene rings is 1. The zero-order valence-corrected chi connectivity index (χ0v) is 8.93. The standard InChI is InChI=1S/C10H10ClNO3/c1-12-4-8(13)7-2-6(11)3-9-10(7)15-5-14-9/h2-3,12H,4-5H2,1H3. The summed E-state index contributed by atoms with van der Waals surface area (Å²) >= 11 is 5.86. The van der Waals surface area contributed by atoms with Crippen LogP contribution in [-0.4, -0.2) is 26.2 Å². The van der Waals surface area contributed by atoms with Crippen molar-refractivity contribution in [3.8, 4) is 11.5 Å². The Hall–Kier alpha value is -1.26. The molecule has 0 amide bonds. The fourth-order valence-electron chi connectivity index (χ4n) is 1.44. The molecule has 0 atom stereocenters. The lowest BCUT2D eigenvalue weighted by Gasteiger charge is -2.05. The summed E-state index contributed by atoms with van der Waals surface area (Å²) in [5, 5.41) is 3.26. The van der Waals surface area contributed by atoms with Crippen LogP contribution in [0, 0.1) is 0 Å².